The van der Waals surface area contributed by atoms with Crippen LogP contribution in [0.3, 0.4) is 0 Å². The van der Waals surface area contributed by atoms with Gasteiger partial charge in [0.1, 0.15) is 0 Å². The van der Waals surface area contributed by atoms with E-state index in [0.29, 0.717) is 16.9 Å². The van der Waals surface area contributed by atoms with Crippen molar-refractivity contribution >= 4 is 17.4 Å². The van der Waals surface area contributed by atoms with Crippen LogP contribution in [-0.4, -0.2) is 13.1 Å². The van der Waals surface area contributed by atoms with Crippen molar-refractivity contribution in [1.82, 2.24) is 0 Å². The van der Waals surface area contributed by atoms with E-state index in [-0.39, 0.29) is 0 Å². The van der Waals surface area contributed by atoms with Crippen molar-refractivity contribution in [3.8, 4) is 0 Å². The number of esters is 1. The van der Waals surface area contributed by atoms with E-state index in [1.807, 2.05) is 6.07 Å². The summed E-state index contributed by atoms with van der Waals surface area (Å²) < 4.78 is 30.8. The first-order valence-electron chi connectivity index (χ1n) is 6.17. The molecule has 2 rings (SSSR count). The van der Waals surface area contributed by atoms with Crippen LogP contribution < -0.4 is 5.32 Å². The number of carbonyl (C=O) groups is 1. The molecule has 2 aromatic rings. The van der Waals surface area contributed by atoms with Crippen LogP contribution in [-0.2, 0) is 9.53 Å². The standard InChI is InChI=1S/C16H13F2NO2/c1-21-16(20)10-15(11-5-3-2-4-6-11)19-12-7-8-13(17)14(18)9-12/h2-10,19H,1H3/b15-10+. The smallest absolute Gasteiger partial charge is 0.332 e. The third-order valence-corrected chi connectivity index (χ3v) is 2.75. The Bertz CT molecular complexity index is 669. The molecule has 0 saturated carbocycles. The van der Waals surface area contributed by atoms with Gasteiger partial charge in [-0.15, -0.1) is 0 Å². The molecule has 0 atom stereocenters. The topological polar surface area (TPSA) is 38.3 Å². The maximum atomic E-state index is 13.2. The van der Waals surface area contributed by atoms with Crippen LogP contribution in [0.15, 0.2) is 54.6 Å². The van der Waals surface area contributed by atoms with Gasteiger partial charge in [0.05, 0.1) is 12.8 Å². The minimum absolute atomic E-state index is 0.327. The maximum Gasteiger partial charge on any atom is 0.332 e. The highest BCUT2D eigenvalue weighted by Crippen LogP contribution is 2.20. The first kappa shape index (κ1) is 14.7. The Balaban J connectivity index is 2.34. The first-order chi connectivity index (χ1) is 10.1. The molecule has 0 fully saturated rings. The van der Waals surface area contributed by atoms with Gasteiger partial charge in [-0.1, -0.05) is 30.3 Å². The van der Waals surface area contributed by atoms with E-state index in [1.165, 1.54) is 19.3 Å². The number of carbonyl (C=O) groups excluding carboxylic acids is 1. The van der Waals surface area contributed by atoms with Crippen molar-refractivity contribution in [1.29, 1.82) is 0 Å². The van der Waals surface area contributed by atoms with E-state index >= 15 is 0 Å². The van der Waals surface area contributed by atoms with Crippen molar-refractivity contribution in [2.45, 2.75) is 0 Å². The number of benzene rings is 2. The van der Waals surface area contributed by atoms with Gasteiger partial charge in [-0.3, -0.25) is 0 Å². The summed E-state index contributed by atoms with van der Waals surface area (Å²) in [7, 11) is 1.26. The quantitative estimate of drug-likeness (QED) is 0.690. The third kappa shape index (κ3) is 3.89. The lowest BCUT2D eigenvalue weighted by Gasteiger charge is -2.11. The average Bonchev–Trinajstić information content (AvgIpc) is 2.51. The van der Waals surface area contributed by atoms with E-state index < -0.39 is 17.6 Å². The number of hydrogen-bond donors (Lipinski definition) is 1. The molecule has 0 radical (unpaired) electrons. The lowest BCUT2D eigenvalue weighted by Crippen LogP contribution is -2.04. The number of hydrogen-bond acceptors (Lipinski definition) is 3. The minimum atomic E-state index is -0.967. The molecule has 21 heavy (non-hydrogen) atoms. The molecule has 0 aromatic heterocycles. The lowest BCUT2D eigenvalue weighted by molar-refractivity contribution is -0.134. The van der Waals surface area contributed by atoms with Crippen molar-refractivity contribution in [2.24, 2.45) is 0 Å². The molecule has 0 spiro atoms. The van der Waals surface area contributed by atoms with Gasteiger partial charge in [0.15, 0.2) is 11.6 Å². The van der Waals surface area contributed by atoms with Crippen LogP contribution in [0.5, 0.6) is 0 Å². The Kier molecular flexibility index (Phi) is 4.66. The Morgan fingerprint density at radius 1 is 1.10 bits per heavy atom. The molecule has 108 valence electrons. The van der Waals surface area contributed by atoms with Crippen LogP contribution in [0.25, 0.3) is 5.70 Å². The second-order valence-electron chi connectivity index (χ2n) is 4.20. The fraction of sp³-hybridized carbons (Fsp3) is 0.0625. The highest BCUT2D eigenvalue weighted by molar-refractivity contribution is 5.94. The molecule has 0 bridgehead atoms. The van der Waals surface area contributed by atoms with Crippen molar-refractivity contribution < 1.29 is 18.3 Å². The molecular weight excluding hydrogens is 276 g/mol. The Labute approximate surface area is 120 Å². The number of anilines is 1. The number of methoxy groups -OCH3 is 1. The predicted molar refractivity (Wildman–Crippen MR) is 76.4 cm³/mol. The van der Waals surface area contributed by atoms with Gasteiger partial charge < -0.3 is 10.1 Å². The Hall–Kier alpha value is -2.69. The fourth-order valence-electron chi connectivity index (χ4n) is 1.72. The molecule has 5 heteroatoms. The highest BCUT2D eigenvalue weighted by atomic mass is 19.2. The summed E-state index contributed by atoms with van der Waals surface area (Å²) in [6.45, 7) is 0. The fourth-order valence-corrected chi connectivity index (χ4v) is 1.72. The SMILES string of the molecule is COC(=O)/C=C(/Nc1ccc(F)c(F)c1)c1ccccc1. The van der Waals surface area contributed by atoms with Gasteiger partial charge in [0.2, 0.25) is 0 Å². The van der Waals surface area contributed by atoms with Gasteiger partial charge >= 0.3 is 5.97 Å². The zero-order valence-corrected chi connectivity index (χ0v) is 11.3. The first-order valence-corrected chi connectivity index (χ1v) is 6.17. The maximum absolute atomic E-state index is 13.2. The number of ether oxygens (including phenoxy) is 1. The molecule has 0 aliphatic heterocycles. The normalized spacial score (nSPS) is 11.1. The summed E-state index contributed by atoms with van der Waals surface area (Å²) in [4.78, 5) is 11.4. The monoisotopic (exact) mass is 289 g/mol. The predicted octanol–water partition coefficient (Wildman–Crippen LogP) is 3.59. The minimum Gasteiger partial charge on any atom is -0.466 e. The summed E-state index contributed by atoms with van der Waals surface area (Å²) in [6, 6.07) is 12.4. The summed E-state index contributed by atoms with van der Waals surface area (Å²) in [5.41, 5.74) is 1.47. The summed E-state index contributed by atoms with van der Waals surface area (Å²) in [5, 5.41) is 2.88. The van der Waals surface area contributed by atoms with E-state index in [1.54, 1.807) is 24.3 Å². The van der Waals surface area contributed by atoms with E-state index in [2.05, 4.69) is 10.1 Å². The van der Waals surface area contributed by atoms with E-state index in [9.17, 15) is 13.6 Å². The average molecular weight is 289 g/mol. The number of halogens is 2. The zero-order valence-electron chi connectivity index (χ0n) is 11.3. The number of rotatable bonds is 4. The molecule has 2 aromatic carbocycles. The van der Waals surface area contributed by atoms with E-state index in [0.717, 1.165) is 12.1 Å². The van der Waals surface area contributed by atoms with Crippen LogP contribution in [0.2, 0.25) is 0 Å². The summed E-state index contributed by atoms with van der Waals surface area (Å²) >= 11 is 0. The Morgan fingerprint density at radius 2 is 1.81 bits per heavy atom. The van der Waals surface area contributed by atoms with Gasteiger partial charge in [0, 0.05) is 17.8 Å². The molecule has 0 aliphatic rings. The largest absolute Gasteiger partial charge is 0.466 e. The van der Waals surface area contributed by atoms with Crippen molar-refractivity contribution in [3.05, 3.63) is 71.8 Å². The van der Waals surface area contributed by atoms with Crippen molar-refractivity contribution in [3.63, 3.8) is 0 Å². The van der Waals surface area contributed by atoms with Crippen LogP contribution in [0.4, 0.5) is 14.5 Å². The highest BCUT2D eigenvalue weighted by Gasteiger charge is 2.08. The molecule has 1 N–H and O–H groups in total. The third-order valence-electron chi connectivity index (χ3n) is 2.75. The van der Waals surface area contributed by atoms with Gasteiger partial charge in [-0.25, -0.2) is 13.6 Å². The lowest BCUT2D eigenvalue weighted by atomic mass is 10.1. The van der Waals surface area contributed by atoms with Gasteiger partial charge in [0.25, 0.3) is 0 Å². The molecule has 3 nitrogen and oxygen atoms in total. The molecule has 0 saturated heterocycles. The second kappa shape index (κ2) is 6.65. The van der Waals surface area contributed by atoms with E-state index in [4.69, 9.17) is 0 Å². The molecule has 0 aliphatic carbocycles. The second-order valence-corrected chi connectivity index (χ2v) is 4.20. The van der Waals surface area contributed by atoms with Gasteiger partial charge in [-0.2, -0.15) is 0 Å². The van der Waals surface area contributed by atoms with Crippen LogP contribution >= 0.6 is 0 Å². The molecular formula is C16H13F2NO2. The number of nitrogens with one attached hydrogen (secondary N) is 1. The van der Waals surface area contributed by atoms with Gasteiger partial charge in [-0.05, 0) is 17.7 Å². The molecule has 0 amide bonds. The van der Waals surface area contributed by atoms with Crippen LogP contribution in [0, 0.1) is 11.6 Å². The summed E-state index contributed by atoms with van der Waals surface area (Å²) in [6.07, 6.45) is 1.25. The van der Waals surface area contributed by atoms with Crippen molar-refractivity contribution in [2.75, 3.05) is 12.4 Å². The Morgan fingerprint density at radius 3 is 2.43 bits per heavy atom. The molecule has 0 heterocycles. The van der Waals surface area contributed by atoms with Crippen LogP contribution in [0.1, 0.15) is 5.56 Å². The molecule has 0 unspecified atom stereocenters. The summed E-state index contributed by atoms with van der Waals surface area (Å²) in [5.74, 6) is -2.45. The zero-order chi connectivity index (χ0) is 15.2.